The van der Waals surface area contributed by atoms with Gasteiger partial charge in [-0.1, -0.05) is 88.4 Å². The van der Waals surface area contributed by atoms with Gasteiger partial charge >= 0.3 is 5.97 Å². The lowest BCUT2D eigenvalue weighted by Gasteiger charge is -2.17. The van der Waals surface area contributed by atoms with E-state index in [-0.39, 0.29) is 18.4 Å². The molecule has 0 N–H and O–H groups in total. The van der Waals surface area contributed by atoms with Crippen LogP contribution in [0.5, 0.6) is 0 Å². The Balaban J connectivity index is 2.07. The zero-order valence-electron chi connectivity index (χ0n) is 16.8. The van der Waals surface area contributed by atoms with E-state index in [1.807, 2.05) is 0 Å². The maximum Gasteiger partial charge on any atom is 0.325 e. The molecule has 1 amide bonds. The lowest BCUT2D eigenvalue weighted by Crippen LogP contribution is -2.33. The molecule has 0 bridgehead atoms. The van der Waals surface area contributed by atoms with Crippen molar-refractivity contribution in [3.63, 3.8) is 0 Å². The number of halogens is 1. The van der Waals surface area contributed by atoms with Crippen molar-refractivity contribution in [1.29, 1.82) is 0 Å². The molecule has 0 aliphatic carbocycles. The summed E-state index contributed by atoms with van der Waals surface area (Å²) in [6.07, 6.45) is 12.4. The first-order valence-electron chi connectivity index (χ1n) is 10.2. The highest BCUT2D eigenvalue weighted by Gasteiger charge is 2.17. The van der Waals surface area contributed by atoms with Crippen LogP contribution in [0.15, 0.2) is 24.3 Å². The van der Waals surface area contributed by atoms with E-state index in [1.54, 1.807) is 31.3 Å². The van der Waals surface area contributed by atoms with Crippen molar-refractivity contribution in [3.05, 3.63) is 34.9 Å². The molecule has 152 valence electrons. The van der Waals surface area contributed by atoms with Crippen molar-refractivity contribution in [3.8, 4) is 0 Å². The smallest absolute Gasteiger partial charge is 0.325 e. The van der Waals surface area contributed by atoms with E-state index in [0.717, 1.165) is 12.8 Å². The molecule has 4 nitrogen and oxygen atoms in total. The van der Waals surface area contributed by atoms with Crippen LogP contribution in [-0.2, 0) is 9.53 Å². The van der Waals surface area contributed by atoms with Gasteiger partial charge in [0.05, 0.1) is 17.2 Å². The molecular weight excluding hydrogens is 362 g/mol. The van der Waals surface area contributed by atoms with Crippen molar-refractivity contribution in [2.75, 3.05) is 20.2 Å². The predicted octanol–water partition coefficient (Wildman–Crippen LogP) is 5.88. The molecule has 27 heavy (non-hydrogen) atoms. The maximum atomic E-state index is 12.3. The van der Waals surface area contributed by atoms with Gasteiger partial charge in [0.15, 0.2) is 0 Å². The van der Waals surface area contributed by atoms with E-state index in [2.05, 4.69) is 6.92 Å². The molecule has 0 radical (unpaired) electrons. The number of benzene rings is 1. The lowest BCUT2D eigenvalue weighted by molar-refractivity contribution is -0.144. The summed E-state index contributed by atoms with van der Waals surface area (Å²) in [4.78, 5) is 25.5. The highest BCUT2D eigenvalue weighted by molar-refractivity contribution is 6.33. The second-order valence-electron chi connectivity index (χ2n) is 7.04. The third-order valence-electron chi connectivity index (χ3n) is 4.58. The molecule has 0 heterocycles. The Kier molecular flexibility index (Phi) is 12.6. The number of hydrogen-bond donors (Lipinski definition) is 0. The van der Waals surface area contributed by atoms with Crippen LogP contribution in [0.1, 0.15) is 81.5 Å². The highest BCUT2D eigenvalue weighted by atomic mass is 35.5. The molecule has 0 spiro atoms. The number of esters is 1. The summed E-state index contributed by atoms with van der Waals surface area (Å²) in [7, 11) is 1.58. The van der Waals surface area contributed by atoms with Crippen LogP contribution in [0.3, 0.4) is 0 Å². The van der Waals surface area contributed by atoms with E-state index < -0.39 is 0 Å². The van der Waals surface area contributed by atoms with Gasteiger partial charge < -0.3 is 9.64 Å². The third kappa shape index (κ3) is 10.4. The summed E-state index contributed by atoms with van der Waals surface area (Å²) >= 11 is 6.02. The maximum absolute atomic E-state index is 12.3. The van der Waals surface area contributed by atoms with Gasteiger partial charge in [0, 0.05) is 7.05 Å². The van der Waals surface area contributed by atoms with E-state index in [9.17, 15) is 9.59 Å². The zero-order chi connectivity index (χ0) is 19.9. The first kappa shape index (κ1) is 23.5. The molecule has 0 atom stereocenters. The highest BCUT2D eigenvalue weighted by Crippen LogP contribution is 2.16. The molecule has 0 aliphatic rings. The Bertz CT molecular complexity index is 562. The quantitative estimate of drug-likeness (QED) is 0.292. The average Bonchev–Trinajstić information content (AvgIpc) is 2.66. The summed E-state index contributed by atoms with van der Waals surface area (Å²) in [5.41, 5.74) is 0.393. The topological polar surface area (TPSA) is 46.6 Å². The first-order valence-corrected chi connectivity index (χ1v) is 10.6. The van der Waals surface area contributed by atoms with Gasteiger partial charge in [0.2, 0.25) is 0 Å². The Morgan fingerprint density at radius 2 is 1.48 bits per heavy atom. The molecular formula is C22H34ClNO3. The van der Waals surface area contributed by atoms with E-state index in [1.165, 1.54) is 56.3 Å². The van der Waals surface area contributed by atoms with Gasteiger partial charge in [-0.25, -0.2) is 0 Å². The summed E-state index contributed by atoms with van der Waals surface area (Å²) in [5, 5.41) is 0.382. The number of hydrogen-bond acceptors (Lipinski definition) is 3. The Labute approximate surface area is 169 Å². The Morgan fingerprint density at radius 3 is 2.07 bits per heavy atom. The van der Waals surface area contributed by atoms with Gasteiger partial charge in [-0.3, -0.25) is 9.59 Å². The molecule has 0 unspecified atom stereocenters. The fourth-order valence-corrected chi connectivity index (χ4v) is 3.14. The van der Waals surface area contributed by atoms with Crippen molar-refractivity contribution >= 4 is 23.5 Å². The fraction of sp³-hybridized carbons (Fsp3) is 0.636. The van der Waals surface area contributed by atoms with Crippen LogP contribution >= 0.6 is 11.6 Å². The van der Waals surface area contributed by atoms with E-state index >= 15 is 0 Å². The Morgan fingerprint density at radius 1 is 0.926 bits per heavy atom. The van der Waals surface area contributed by atoms with Crippen molar-refractivity contribution in [2.24, 2.45) is 0 Å². The minimum atomic E-state index is -0.381. The molecule has 0 saturated heterocycles. The van der Waals surface area contributed by atoms with Crippen LogP contribution in [-0.4, -0.2) is 37.0 Å². The number of amides is 1. The van der Waals surface area contributed by atoms with Crippen molar-refractivity contribution in [1.82, 2.24) is 4.90 Å². The first-order chi connectivity index (χ1) is 13.1. The van der Waals surface area contributed by atoms with Crippen LogP contribution < -0.4 is 0 Å². The molecule has 1 rings (SSSR count). The van der Waals surface area contributed by atoms with Gasteiger partial charge in [-0.2, -0.15) is 0 Å². The largest absolute Gasteiger partial charge is 0.464 e. The van der Waals surface area contributed by atoms with Gasteiger partial charge in [0.25, 0.3) is 5.91 Å². The monoisotopic (exact) mass is 395 g/mol. The molecule has 0 aliphatic heterocycles. The fourth-order valence-electron chi connectivity index (χ4n) is 2.93. The predicted molar refractivity (Wildman–Crippen MR) is 111 cm³/mol. The van der Waals surface area contributed by atoms with Gasteiger partial charge in [-0.15, -0.1) is 0 Å². The third-order valence-corrected chi connectivity index (χ3v) is 4.91. The van der Waals surface area contributed by atoms with Crippen LogP contribution in [0.25, 0.3) is 0 Å². The number of rotatable bonds is 14. The minimum Gasteiger partial charge on any atom is -0.464 e. The number of unbranched alkanes of at least 4 members (excludes halogenated alkanes) is 9. The Hall–Kier alpha value is -1.55. The molecule has 5 heteroatoms. The standard InChI is InChI=1S/C22H34ClNO3/c1-3-4-5-6-7-8-9-10-11-14-17-27-21(25)18-24(2)22(26)19-15-12-13-16-20(19)23/h12-13,15-16H,3-11,14,17-18H2,1-2H3. The summed E-state index contributed by atoms with van der Waals surface area (Å²) < 4.78 is 5.24. The number of carbonyl (C=O) groups excluding carboxylic acids is 2. The summed E-state index contributed by atoms with van der Waals surface area (Å²) in [5.74, 6) is -0.662. The molecule has 0 fully saturated rings. The van der Waals surface area contributed by atoms with Gasteiger partial charge in [-0.05, 0) is 18.6 Å². The number of carbonyl (C=O) groups is 2. The lowest BCUT2D eigenvalue weighted by atomic mass is 10.1. The molecule has 1 aromatic rings. The van der Waals surface area contributed by atoms with Crippen molar-refractivity contribution < 1.29 is 14.3 Å². The number of nitrogens with zero attached hydrogens (tertiary/aromatic N) is 1. The number of likely N-dealkylation sites (N-methyl/N-ethyl adjacent to an activating group) is 1. The van der Waals surface area contributed by atoms with E-state index in [0.29, 0.717) is 17.2 Å². The minimum absolute atomic E-state index is 0.0676. The summed E-state index contributed by atoms with van der Waals surface area (Å²) in [6, 6.07) is 6.82. The average molecular weight is 396 g/mol. The van der Waals surface area contributed by atoms with Crippen LogP contribution in [0.4, 0.5) is 0 Å². The number of ether oxygens (including phenoxy) is 1. The zero-order valence-corrected chi connectivity index (χ0v) is 17.6. The SMILES string of the molecule is CCCCCCCCCCCCOC(=O)CN(C)C(=O)c1ccccc1Cl. The molecule has 1 aromatic carbocycles. The van der Waals surface area contributed by atoms with Crippen LogP contribution in [0.2, 0.25) is 5.02 Å². The van der Waals surface area contributed by atoms with Gasteiger partial charge in [0.1, 0.15) is 6.54 Å². The van der Waals surface area contributed by atoms with E-state index in [4.69, 9.17) is 16.3 Å². The molecule has 0 aromatic heterocycles. The van der Waals surface area contributed by atoms with Crippen molar-refractivity contribution in [2.45, 2.75) is 71.1 Å². The summed E-state index contributed by atoms with van der Waals surface area (Å²) in [6.45, 7) is 2.59. The molecule has 0 saturated carbocycles. The second kappa shape index (κ2) is 14.5. The van der Waals surface area contributed by atoms with Crippen LogP contribution in [0, 0.1) is 0 Å². The second-order valence-corrected chi connectivity index (χ2v) is 7.45. The normalized spacial score (nSPS) is 10.6.